The summed E-state index contributed by atoms with van der Waals surface area (Å²) in [6.45, 7) is 0.459. The van der Waals surface area contributed by atoms with Gasteiger partial charge in [-0.3, -0.25) is 4.79 Å². The zero-order valence-electron chi connectivity index (χ0n) is 9.87. The van der Waals surface area contributed by atoms with Crippen molar-refractivity contribution in [2.75, 3.05) is 20.7 Å². The number of nitrogens with zero attached hydrogens (tertiary/aromatic N) is 1. The monoisotopic (exact) mass is 275 g/mol. The van der Waals surface area contributed by atoms with Crippen LogP contribution >= 0.6 is 23.2 Å². The molecule has 0 N–H and O–H groups in total. The van der Waals surface area contributed by atoms with Gasteiger partial charge in [0.25, 0.3) is 0 Å². The van der Waals surface area contributed by atoms with E-state index in [4.69, 9.17) is 27.9 Å². The molecular formula is C12H15Cl2NO2. The molecule has 0 saturated carbocycles. The van der Waals surface area contributed by atoms with E-state index in [1.807, 2.05) is 0 Å². The average Bonchev–Trinajstić information content (AvgIpc) is 2.26. The van der Waals surface area contributed by atoms with E-state index in [-0.39, 0.29) is 5.91 Å². The molecule has 0 saturated heterocycles. The van der Waals surface area contributed by atoms with Crippen LogP contribution in [0, 0.1) is 0 Å². The topological polar surface area (TPSA) is 29.5 Å². The predicted octanol–water partition coefficient (Wildman–Crippen LogP) is 3.24. The molecule has 0 fully saturated rings. The molecule has 0 unspecified atom stereocenters. The molecule has 17 heavy (non-hydrogen) atoms. The molecule has 1 aromatic rings. The second-order valence-corrected chi connectivity index (χ2v) is 4.66. The van der Waals surface area contributed by atoms with Crippen molar-refractivity contribution < 1.29 is 9.53 Å². The highest BCUT2D eigenvalue weighted by Gasteiger charge is 2.05. The van der Waals surface area contributed by atoms with Crippen LogP contribution in [-0.2, 0) is 4.79 Å². The fraction of sp³-hybridized carbons (Fsp3) is 0.417. The summed E-state index contributed by atoms with van der Waals surface area (Å²) in [7, 11) is 3.47. The van der Waals surface area contributed by atoms with Crippen molar-refractivity contribution in [3.8, 4) is 5.75 Å². The van der Waals surface area contributed by atoms with Gasteiger partial charge in [-0.25, -0.2) is 0 Å². The minimum atomic E-state index is 0.0933. The number of ether oxygens (including phenoxy) is 1. The third-order valence-electron chi connectivity index (χ3n) is 2.19. The van der Waals surface area contributed by atoms with Crippen LogP contribution in [0.15, 0.2) is 18.2 Å². The van der Waals surface area contributed by atoms with Crippen LogP contribution in [0.2, 0.25) is 10.0 Å². The van der Waals surface area contributed by atoms with E-state index in [1.54, 1.807) is 37.2 Å². The Balaban J connectivity index is 2.34. The van der Waals surface area contributed by atoms with Gasteiger partial charge >= 0.3 is 0 Å². The average molecular weight is 276 g/mol. The van der Waals surface area contributed by atoms with Gasteiger partial charge in [0.15, 0.2) is 0 Å². The molecule has 5 heteroatoms. The van der Waals surface area contributed by atoms with Crippen molar-refractivity contribution in [2.45, 2.75) is 12.8 Å². The van der Waals surface area contributed by atoms with Crippen molar-refractivity contribution in [1.82, 2.24) is 4.90 Å². The minimum Gasteiger partial charge on any atom is -0.492 e. The van der Waals surface area contributed by atoms with Gasteiger partial charge in [0.05, 0.1) is 11.6 Å². The maximum atomic E-state index is 11.3. The normalized spacial score (nSPS) is 10.1. The standard InChI is InChI=1S/C12H15Cl2NO2/c1-15(2)12(16)4-3-7-17-11-6-5-9(13)8-10(11)14/h5-6,8H,3-4,7H2,1-2H3. The first-order chi connectivity index (χ1) is 8.00. The molecule has 0 aromatic heterocycles. The summed E-state index contributed by atoms with van der Waals surface area (Å²) in [6.07, 6.45) is 1.13. The van der Waals surface area contributed by atoms with Crippen molar-refractivity contribution in [3.63, 3.8) is 0 Å². The van der Waals surface area contributed by atoms with E-state index in [0.717, 1.165) is 0 Å². The lowest BCUT2D eigenvalue weighted by atomic mass is 10.3. The molecule has 0 aliphatic heterocycles. The molecule has 1 amide bonds. The highest BCUT2D eigenvalue weighted by Crippen LogP contribution is 2.27. The lowest BCUT2D eigenvalue weighted by Crippen LogP contribution is -2.21. The summed E-state index contributed by atoms with van der Waals surface area (Å²) >= 11 is 11.7. The zero-order valence-corrected chi connectivity index (χ0v) is 11.4. The van der Waals surface area contributed by atoms with Crippen molar-refractivity contribution in [2.24, 2.45) is 0 Å². The Hall–Kier alpha value is -0.930. The molecule has 94 valence electrons. The molecule has 1 rings (SSSR count). The summed E-state index contributed by atoms with van der Waals surface area (Å²) in [5.74, 6) is 0.684. The fourth-order valence-electron chi connectivity index (χ4n) is 1.22. The van der Waals surface area contributed by atoms with Crippen molar-refractivity contribution >= 4 is 29.1 Å². The number of rotatable bonds is 5. The van der Waals surface area contributed by atoms with Gasteiger partial charge in [-0.2, -0.15) is 0 Å². The van der Waals surface area contributed by atoms with Gasteiger partial charge < -0.3 is 9.64 Å². The summed E-state index contributed by atoms with van der Waals surface area (Å²) in [6, 6.07) is 5.07. The largest absolute Gasteiger partial charge is 0.492 e. The Morgan fingerprint density at radius 1 is 1.35 bits per heavy atom. The van der Waals surface area contributed by atoms with Gasteiger partial charge in [0.1, 0.15) is 5.75 Å². The van der Waals surface area contributed by atoms with E-state index in [1.165, 1.54) is 0 Å². The molecule has 0 bridgehead atoms. The van der Waals surface area contributed by atoms with E-state index in [9.17, 15) is 4.79 Å². The number of carbonyl (C=O) groups excluding carboxylic acids is 1. The summed E-state index contributed by atoms with van der Waals surface area (Å²) in [5, 5.41) is 1.06. The Bertz CT molecular complexity index is 394. The Labute approximate surface area is 111 Å². The molecule has 0 aliphatic carbocycles. The lowest BCUT2D eigenvalue weighted by Gasteiger charge is -2.11. The third kappa shape index (κ3) is 4.84. The Kier molecular flexibility index (Phi) is 5.59. The van der Waals surface area contributed by atoms with E-state index < -0.39 is 0 Å². The third-order valence-corrected chi connectivity index (χ3v) is 2.72. The smallest absolute Gasteiger partial charge is 0.222 e. The molecule has 0 spiro atoms. The maximum Gasteiger partial charge on any atom is 0.222 e. The van der Waals surface area contributed by atoms with Gasteiger partial charge in [0, 0.05) is 25.5 Å². The van der Waals surface area contributed by atoms with Gasteiger partial charge in [-0.1, -0.05) is 23.2 Å². The first-order valence-electron chi connectivity index (χ1n) is 5.28. The molecule has 3 nitrogen and oxygen atoms in total. The summed E-state index contributed by atoms with van der Waals surface area (Å²) in [4.78, 5) is 12.9. The first-order valence-corrected chi connectivity index (χ1v) is 6.04. The Morgan fingerprint density at radius 2 is 2.06 bits per heavy atom. The molecular weight excluding hydrogens is 261 g/mol. The van der Waals surface area contributed by atoms with Crippen molar-refractivity contribution in [3.05, 3.63) is 28.2 Å². The highest BCUT2D eigenvalue weighted by atomic mass is 35.5. The molecule has 0 atom stereocenters. The molecule has 0 heterocycles. The predicted molar refractivity (Wildman–Crippen MR) is 69.9 cm³/mol. The SMILES string of the molecule is CN(C)C(=O)CCCOc1ccc(Cl)cc1Cl. The lowest BCUT2D eigenvalue weighted by molar-refractivity contribution is -0.128. The van der Waals surface area contributed by atoms with Crippen LogP contribution in [-0.4, -0.2) is 31.5 Å². The second kappa shape index (κ2) is 6.72. The van der Waals surface area contributed by atoms with Gasteiger partial charge in [-0.15, -0.1) is 0 Å². The summed E-state index contributed by atoms with van der Waals surface area (Å²) in [5.41, 5.74) is 0. The zero-order chi connectivity index (χ0) is 12.8. The van der Waals surface area contributed by atoms with Gasteiger partial charge in [0.2, 0.25) is 5.91 Å². The first kappa shape index (κ1) is 14.1. The number of hydrogen-bond donors (Lipinski definition) is 0. The van der Waals surface area contributed by atoms with Crippen LogP contribution < -0.4 is 4.74 Å². The van der Waals surface area contributed by atoms with Crippen LogP contribution in [0.3, 0.4) is 0 Å². The summed E-state index contributed by atoms with van der Waals surface area (Å²) < 4.78 is 5.46. The number of carbonyl (C=O) groups is 1. The van der Waals surface area contributed by atoms with E-state index in [2.05, 4.69) is 0 Å². The number of halogens is 2. The number of hydrogen-bond acceptors (Lipinski definition) is 2. The molecule has 0 aliphatic rings. The van der Waals surface area contributed by atoms with E-state index >= 15 is 0 Å². The fourth-order valence-corrected chi connectivity index (χ4v) is 1.68. The minimum absolute atomic E-state index is 0.0933. The highest BCUT2D eigenvalue weighted by molar-refractivity contribution is 6.35. The van der Waals surface area contributed by atoms with Crippen LogP contribution in [0.25, 0.3) is 0 Å². The van der Waals surface area contributed by atoms with Crippen molar-refractivity contribution in [1.29, 1.82) is 0 Å². The van der Waals surface area contributed by atoms with Crippen LogP contribution in [0.4, 0.5) is 0 Å². The number of benzene rings is 1. The number of amides is 1. The van der Waals surface area contributed by atoms with Crippen LogP contribution in [0.5, 0.6) is 5.75 Å². The van der Waals surface area contributed by atoms with E-state index in [0.29, 0.717) is 35.2 Å². The van der Waals surface area contributed by atoms with Gasteiger partial charge in [-0.05, 0) is 24.6 Å². The molecule has 0 radical (unpaired) electrons. The maximum absolute atomic E-state index is 11.3. The molecule has 1 aromatic carbocycles. The Morgan fingerprint density at radius 3 is 2.65 bits per heavy atom. The van der Waals surface area contributed by atoms with Crippen LogP contribution in [0.1, 0.15) is 12.8 Å². The second-order valence-electron chi connectivity index (χ2n) is 3.81. The quantitative estimate of drug-likeness (QED) is 0.773.